The van der Waals surface area contributed by atoms with Crippen LogP contribution in [-0.4, -0.2) is 5.78 Å². The molecule has 1 aromatic carbocycles. The summed E-state index contributed by atoms with van der Waals surface area (Å²) < 4.78 is 1.70. The molecule has 1 heterocycles. The molecular formula is C12H8Br2OS. The van der Waals surface area contributed by atoms with Gasteiger partial charge in [-0.2, -0.15) is 0 Å². The van der Waals surface area contributed by atoms with Crippen molar-refractivity contribution in [3.8, 4) is 0 Å². The van der Waals surface area contributed by atoms with E-state index < -0.39 is 0 Å². The van der Waals surface area contributed by atoms with Crippen LogP contribution in [0.1, 0.15) is 20.8 Å². The van der Waals surface area contributed by atoms with Crippen molar-refractivity contribution in [2.75, 3.05) is 0 Å². The van der Waals surface area contributed by atoms with Gasteiger partial charge in [0.15, 0.2) is 0 Å². The van der Waals surface area contributed by atoms with Crippen molar-refractivity contribution < 1.29 is 4.79 Å². The minimum Gasteiger partial charge on any atom is -0.288 e. The molecule has 1 nitrogen and oxygen atoms in total. The molecule has 0 aliphatic heterocycles. The van der Waals surface area contributed by atoms with Crippen molar-refractivity contribution in [2.45, 2.75) is 6.92 Å². The molecule has 0 saturated heterocycles. The summed E-state index contributed by atoms with van der Waals surface area (Å²) in [5.74, 6) is 0.0498. The monoisotopic (exact) mass is 358 g/mol. The standard InChI is InChI=1S/C12H8Br2OS/c1-7-2-3-8(10(14)6-7)11(15)12-9(13)4-5-16-12/h2-6H,1H3. The molecule has 0 N–H and O–H groups in total. The van der Waals surface area contributed by atoms with Crippen LogP contribution < -0.4 is 0 Å². The predicted molar refractivity (Wildman–Crippen MR) is 74.3 cm³/mol. The number of carbonyl (C=O) groups is 1. The van der Waals surface area contributed by atoms with Crippen molar-refractivity contribution in [3.63, 3.8) is 0 Å². The molecule has 0 fully saturated rings. The number of aryl methyl sites for hydroxylation is 1. The van der Waals surface area contributed by atoms with E-state index in [0.29, 0.717) is 5.56 Å². The third-order valence-electron chi connectivity index (χ3n) is 2.19. The zero-order valence-electron chi connectivity index (χ0n) is 8.46. The van der Waals surface area contributed by atoms with Gasteiger partial charge in [0.2, 0.25) is 5.78 Å². The van der Waals surface area contributed by atoms with E-state index in [1.54, 1.807) is 0 Å². The lowest BCUT2D eigenvalue weighted by atomic mass is 10.1. The summed E-state index contributed by atoms with van der Waals surface area (Å²) >= 11 is 8.25. The van der Waals surface area contributed by atoms with Crippen molar-refractivity contribution in [2.24, 2.45) is 0 Å². The fourth-order valence-corrected chi connectivity index (χ4v) is 3.56. The molecule has 0 spiro atoms. The van der Waals surface area contributed by atoms with Crippen molar-refractivity contribution >= 4 is 49.0 Å². The zero-order chi connectivity index (χ0) is 11.7. The first kappa shape index (κ1) is 12.0. The maximum absolute atomic E-state index is 12.2. The molecular weight excluding hydrogens is 352 g/mol. The summed E-state index contributed by atoms with van der Waals surface area (Å²) in [7, 11) is 0. The Balaban J connectivity index is 2.46. The Morgan fingerprint density at radius 1 is 1.19 bits per heavy atom. The molecule has 0 bridgehead atoms. The van der Waals surface area contributed by atoms with Gasteiger partial charge in [-0.3, -0.25) is 4.79 Å². The molecule has 0 aliphatic rings. The molecule has 2 aromatic rings. The second-order valence-electron chi connectivity index (χ2n) is 3.41. The van der Waals surface area contributed by atoms with E-state index in [1.165, 1.54) is 11.3 Å². The SMILES string of the molecule is Cc1ccc(C(=O)c2sccc2Br)c(Br)c1. The van der Waals surface area contributed by atoms with Crippen LogP contribution in [-0.2, 0) is 0 Å². The largest absolute Gasteiger partial charge is 0.288 e. The Kier molecular flexibility index (Phi) is 3.62. The normalized spacial score (nSPS) is 10.4. The summed E-state index contributed by atoms with van der Waals surface area (Å²) in [5.41, 5.74) is 1.84. The summed E-state index contributed by atoms with van der Waals surface area (Å²) in [6, 6.07) is 7.64. The summed E-state index contributed by atoms with van der Waals surface area (Å²) in [6.07, 6.45) is 0. The lowest BCUT2D eigenvalue weighted by Crippen LogP contribution is -2.00. The molecule has 0 amide bonds. The van der Waals surface area contributed by atoms with Crippen LogP contribution in [0.25, 0.3) is 0 Å². The lowest BCUT2D eigenvalue weighted by molar-refractivity contribution is 0.104. The second-order valence-corrected chi connectivity index (χ2v) is 6.03. The van der Waals surface area contributed by atoms with Gasteiger partial charge >= 0.3 is 0 Å². The van der Waals surface area contributed by atoms with Gasteiger partial charge in [-0.25, -0.2) is 0 Å². The molecule has 0 atom stereocenters. The molecule has 82 valence electrons. The van der Waals surface area contributed by atoms with E-state index in [9.17, 15) is 4.79 Å². The number of benzene rings is 1. The van der Waals surface area contributed by atoms with Crippen LogP contribution in [0.5, 0.6) is 0 Å². The quantitative estimate of drug-likeness (QED) is 0.703. The third-order valence-corrected chi connectivity index (χ3v) is 4.69. The Morgan fingerprint density at radius 2 is 1.94 bits per heavy atom. The zero-order valence-corrected chi connectivity index (χ0v) is 12.4. The van der Waals surface area contributed by atoms with E-state index in [2.05, 4.69) is 31.9 Å². The van der Waals surface area contributed by atoms with E-state index in [0.717, 1.165) is 19.4 Å². The highest BCUT2D eigenvalue weighted by molar-refractivity contribution is 9.11. The van der Waals surface area contributed by atoms with Crippen LogP contribution in [0.4, 0.5) is 0 Å². The van der Waals surface area contributed by atoms with Crippen LogP contribution in [0.3, 0.4) is 0 Å². The Bertz CT molecular complexity index is 546. The predicted octanol–water partition coefficient (Wildman–Crippen LogP) is 4.81. The number of ketones is 1. The van der Waals surface area contributed by atoms with Gasteiger partial charge < -0.3 is 0 Å². The first-order chi connectivity index (χ1) is 7.59. The Morgan fingerprint density at radius 3 is 2.50 bits per heavy atom. The number of rotatable bonds is 2. The molecule has 0 unspecified atom stereocenters. The molecule has 1 aromatic heterocycles. The number of hydrogen-bond donors (Lipinski definition) is 0. The van der Waals surface area contributed by atoms with Crippen LogP contribution >= 0.6 is 43.2 Å². The van der Waals surface area contributed by atoms with Gasteiger partial charge in [0.05, 0.1) is 4.88 Å². The van der Waals surface area contributed by atoms with E-state index >= 15 is 0 Å². The Labute approximate surface area is 115 Å². The smallest absolute Gasteiger partial charge is 0.205 e. The minimum atomic E-state index is 0.0498. The number of thiophene rings is 1. The molecule has 4 heteroatoms. The lowest BCUT2D eigenvalue weighted by Gasteiger charge is -2.03. The van der Waals surface area contributed by atoms with Crippen LogP contribution in [0.15, 0.2) is 38.6 Å². The highest BCUT2D eigenvalue weighted by Gasteiger charge is 2.16. The first-order valence-electron chi connectivity index (χ1n) is 4.63. The maximum Gasteiger partial charge on any atom is 0.205 e. The van der Waals surface area contributed by atoms with Gasteiger partial charge in [0.25, 0.3) is 0 Å². The minimum absolute atomic E-state index is 0.0498. The molecule has 0 radical (unpaired) electrons. The molecule has 16 heavy (non-hydrogen) atoms. The van der Waals surface area contributed by atoms with Gasteiger partial charge in [-0.15, -0.1) is 11.3 Å². The summed E-state index contributed by atoms with van der Waals surface area (Å²) in [5, 5.41) is 1.90. The van der Waals surface area contributed by atoms with Gasteiger partial charge in [-0.1, -0.05) is 22.0 Å². The molecule has 0 aliphatic carbocycles. The number of carbonyl (C=O) groups excluding carboxylic acids is 1. The van der Waals surface area contributed by atoms with Crippen LogP contribution in [0.2, 0.25) is 0 Å². The molecule has 0 saturated carbocycles. The average molecular weight is 360 g/mol. The van der Waals surface area contributed by atoms with Crippen molar-refractivity contribution in [3.05, 3.63) is 54.6 Å². The van der Waals surface area contributed by atoms with Crippen LogP contribution in [0, 0.1) is 6.92 Å². The van der Waals surface area contributed by atoms with Crippen molar-refractivity contribution in [1.29, 1.82) is 0 Å². The number of hydrogen-bond acceptors (Lipinski definition) is 2. The summed E-state index contributed by atoms with van der Waals surface area (Å²) in [4.78, 5) is 13.0. The van der Waals surface area contributed by atoms with E-state index in [-0.39, 0.29) is 5.78 Å². The number of halogens is 2. The highest BCUT2D eigenvalue weighted by atomic mass is 79.9. The second kappa shape index (κ2) is 4.82. The third kappa shape index (κ3) is 2.29. The maximum atomic E-state index is 12.2. The van der Waals surface area contributed by atoms with E-state index in [1.807, 2.05) is 36.6 Å². The fraction of sp³-hybridized carbons (Fsp3) is 0.0833. The highest BCUT2D eigenvalue weighted by Crippen LogP contribution is 2.28. The average Bonchev–Trinajstić information content (AvgIpc) is 2.63. The topological polar surface area (TPSA) is 17.1 Å². The van der Waals surface area contributed by atoms with Gasteiger partial charge in [-0.05, 0) is 52.0 Å². The molecule has 2 rings (SSSR count). The first-order valence-corrected chi connectivity index (χ1v) is 7.10. The Hall–Kier alpha value is -0.450. The summed E-state index contributed by atoms with van der Waals surface area (Å²) in [6.45, 7) is 2.00. The van der Waals surface area contributed by atoms with Gasteiger partial charge in [0, 0.05) is 14.5 Å². The van der Waals surface area contributed by atoms with Gasteiger partial charge in [0.1, 0.15) is 0 Å². The van der Waals surface area contributed by atoms with E-state index in [4.69, 9.17) is 0 Å². The fourth-order valence-electron chi connectivity index (χ4n) is 1.38. The van der Waals surface area contributed by atoms with Crippen molar-refractivity contribution in [1.82, 2.24) is 0 Å².